The highest BCUT2D eigenvalue weighted by Gasteiger charge is 2.46. The van der Waals surface area contributed by atoms with Crippen molar-refractivity contribution in [2.75, 3.05) is 13.2 Å². The van der Waals surface area contributed by atoms with Gasteiger partial charge in [-0.15, -0.1) is 0 Å². The van der Waals surface area contributed by atoms with Crippen molar-refractivity contribution in [2.45, 2.75) is 33.1 Å². The van der Waals surface area contributed by atoms with Crippen LogP contribution in [0.3, 0.4) is 0 Å². The summed E-state index contributed by atoms with van der Waals surface area (Å²) in [7, 11) is 0. The molecule has 0 bridgehead atoms. The third-order valence-electron chi connectivity index (χ3n) is 5.54. The summed E-state index contributed by atoms with van der Waals surface area (Å²) < 4.78 is 48.4. The third-order valence-corrected chi connectivity index (χ3v) is 5.54. The predicted octanol–water partition coefficient (Wildman–Crippen LogP) is 4.00. The van der Waals surface area contributed by atoms with E-state index in [0.29, 0.717) is 0 Å². The average molecular weight is 477 g/mol. The second-order valence-electron chi connectivity index (χ2n) is 7.88. The van der Waals surface area contributed by atoms with Crippen molar-refractivity contribution >= 4 is 23.8 Å². The Balaban J connectivity index is 1.71. The maximum atomic E-state index is 12.9. The van der Waals surface area contributed by atoms with Crippen molar-refractivity contribution in [3.05, 3.63) is 70.8 Å². The summed E-state index contributed by atoms with van der Waals surface area (Å²) in [6, 6.07) is 10.3. The second kappa shape index (κ2) is 9.66. The Hall–Kier alpha value is -3.69. The van der Waals surface area contributed by atoms with Crippen molar-refractivity contribution in [3.8, 4) is 0 Å². The molecule has 10 heteroatoms. The molecular formula is C24H22F3NO6. The molecule has 2 aromatic rings. The summed E-state index contributed by atoms with van der Waals surface area (Å²) in [5.41, 5.74) is -1.95. The van der Waals surface area contributed by atoms with Crippen LogP contribution in [-0.2, 0) is 31.8 Å². The highest BCUT2D eigenvalue weighted by atomic mass is 19.4. The van der Waals surface area contributed by atoms with Gasteiger partial charge in [0.05, 0.1) is 23.3 Å². The molecule has 0 N–H and O–H groups in total. The van der Waals surface area contributed by atoms with Gasteiger partial charge in [0.15, 0.2) is 5.41 Å². The predicted molar refractivity (Wildman–Crippen MR) is 112 cm³/mol. The van der Waals surface area contributed by atoms with E-state index in [9.17, 15) is 32.3 Å². The maximum Gasteiger partial charge on any atom is 0.416 e. The lowest BCUT2D eigenvalue weighted by atomic mass is 9.86. The number of carbonyl (C=O) groups excluding carboxylic acids is 4. The Bertz CT molecular complexity index is 1080. The monoisotopic (exact) mass is 477 g/mol. The van der Waals surface area contributed by atoms with Crippen LogP contribution in [0.5, 0.6) is 0 Å². The van der Waals surface area contributed by atoms with E-state index in [1.807, 2.05) is 0 Å². The molecule has 180 valence electrons. The molecule has 0 saturated heterocycles. The number of ether oxygens (including phenoxy) is 2. The Morgan fingerprint density at radius 1 is 0.882 bits per heavy atom. The topological polar surface area (TPSA) is 90.0 Å². The summed E-state index contributed by atoms with van der Waals surface area (Å²) in [6.07, 6.45) is -4.76. The summed E-state index contributed by atoms with van der Waals surface area (Å²) in [5, 5.41) is 0. The molecule has 2 amide bonds. The molecule has 0 saturated carbocycles. The van der Waals surface area contributed by atoms with Crippen LogP contribution in [0.4, 0.5) is 13.2 Å². The quantitative estimate of drug-likeness (QED) is 0.324. The summed E-state index contributed by atoms with van der Waals surface area (Å²) in [5.74, 6) is -2.96. The molecule has 1 heterocycles. The molecule has 0 unspecified atom stereocenters. The van der Waals surface area contributed by atoms with Crippen molar-refractivity contribution in [3.63, 3.8) is 0 Å². The van der Waals surface area contributed by atoms with Crippen LogP contribution in [0.25, 0.3) is 0 Å². The molecule has 1 aliphatic heterocycles. The fourth-order valence-corrected chi connectivity index (χ4v) is 3.45. The second-order valence-corrected chi connectivity index (χ2v) is 7.88. The van der Waals surface area contributed by atoms with Gasteiger partial charge in [0, 0.05) is 6.54 Å². The normalized spacial score (nSPS) is 15.0. The number of hydrogen-bond acceptors (Lipinski definition) is 6. The zero-order valence-corrected chi connectivity index (χ0v) is 18.5. The van der Waals surface area contributed by atoms with Gasteiger partial charge in [0.1, 0.15) is 6.61 Å². The number of fused-ring (bicyclic) bond motifs is 1. The Kier molecular flexibility index (Phi) is 7.09. The van der Waals surface area contributed by atoms with Crippen LogP contribution in [0.2, 0.25) is 0 Å². The van der Waals surface area contributed by atoms with Gasteiger partial charge in [0.25, 0.3) is 11.8 Å². The number of nitrogens with zero attached hydrogens (tertiary/aromatic N) is 1. The van der Waals surface area contributed by atoms with E-state index in [2.05, 4.69) is 0 Å². The number of hydrogen-bond donors (Lipinski definition) is 0. The molecule has 1 atom stereocenters. The first-order chi connectivity index (χ1) is 16.0. The fourth-order valence-electron chi connectivity index (χ4n) is 3.45. The molecule has 0 fully saturated rings. The summed E-state index contributed by atoms with van der Waals surface area (Å²) >= 11 is 0. The van der Waals surface area contributed by atoms with Crippen LogP contribution in [-0.4, -0.2) is 41.8 Å². The maximum absolute atomic E-state index is 12.9. The zero-order valence-electron chi connectivity index (χ0n) is 18.5. The number of rotatable bonds is 8. The van der Waals surface area contributed by atoms with Crippen LogP contribution in [0.1, 0.15) is 52.1 Å². The van der Waals surface area contributed by atoms with Gasteiger partial charge in [-0.3, -0.25) is 24.1 Å². The van der Waals surface area contributed by atoms with Gasteiger partial charge in [-0.05, 0) is 50.1 Å². The number of benzene rings is 2. The zero-order chi connectivity index (χ0) is 25.1. The third kappa shape index (κ3) is 4.95. The molecule has 3 rings (SSSR count). The largest absolute Gasteiger partial charge is 0.465 e. The SMILES string of the molecule is CCOC(=O)[C@](C)(CCN1C(=O)c2ccccc2C1=O)C(=O)OCc1ccc(C(F)(F)F)cc1. The minimum Gasteiger partial charge on any atom is -0.465 e. The van der Waals surface area contributed by atoms with Gasteiger partial charge in [0.2, 0.25) is 0 Å². The lowest BCUT2D eigenvalue weighted by Crippen LogP contribution is -2.43. The number of carbonyl (C=O) groups is 4. The minimum atomic E-state index is -4.50. The molecule has 0 spiro atoms. The van der Waals surface area contributed by atoms with Crippen LogP contribution >= 0.6 is 0 Å². The van der Waals surface area contributed by atoms with E-state index < -0.39 is 40.9 Å². The molecule has 7 nitrogen and oxygen atoms in total. The van der Waals surface area contributed by atoms with Gasteiger partial charge < -0.3 is 9.47 Å². The van der Waals surface area contributed by atoms with Crippen molar-refractivity contribution in [2.24, 2.45) is 5.41 Å². The van der Waals surface area contributed by atoms with Crippen molar-refractivity contribution in [1.29, 1.82) is 0 Å². The van der Waals surface area contributed by atoms with E-state index >= 15 is 0 Å². The van der Waals surface area contributed by atoms with Crippen molar-refractivity contribution in [1.82, 2.24) is 4.90 Å². The lowest BCUT2D eigenvalue weighted by molar-refractivity contribution is -0.172. The van der Waals surface area contributed by atoms with E-state index in [4.69, 9.17) is 9.47 Å². The lowest BCUT2D eigenvalue weighted by Gasteiger charge is -2.27. The highest BCUT2D eigenvalue weighted by molar-refractivity contribution is 6.21. The summed E-state index contributed by atoms with van der Waals surface area (Å²) in [6.45, 7) is 2.19. The molecule has 0 aliphatic carbocycles. The smallest absolute Gasteiger partial charge is 0.416 e. The van der Waals surface area contributed by atoms with Crippen LogP contribution < -0.4 is 0 Å². The highest BCUT2D eigenvalue weighted by Crippen LogP contribution is 2.31. The van der Waals surface area contributed by atoms with E-state index in [1.54, 1.807) is 19.1 Å². The molecule has 2 aromatic carbocycles. The van der Waals surface area contributed by atoms with Gasteiger partial charge in [-0.1, -0.05) is 24.3 Å². The van der Waals surface area contributed by atoms with E-state index in [-0.39, 0.29) is 42.9 Å². The fraction of sp³-hybridized carbons (Fsp3) is 0.333. The number of imide groups is 1. The molecular weight excluding hydrogens is 455 g/mol. The Morgan fingerprint density at radius 3 is 1.91 bits per heavy atom. The van der Waals surface area contributed by atoms with Gasteiger partial charge >= 0.3 is 18.1 Å². The first kappa shape index (κ1) is 24.9. The van der Waals surface area contributed by atoms with Crippen LogP contribution in [0.15, 0.2) is 48.5 Å². The van der Waals surface area contributed by atoms with Crippen molar-refractivity contribution < 1.29 is 41.8 Å². The van der Waals surface area contributed by atoms with Crippen LogP contribution in [0, 0.1) is 5.41 Å². The number of esters is 2. The van der Waals surface area contributed by atoms with Gasteiger partial charge in [-0.25, -0.2) is 0 Å². The standard InChI is InChI=1S/C24H22F3NO6/c1-3-33-21(31)23(2,12-13-28-19(29)17-6-4-5-7-18(17)20(28)30)22(32)34-14-15-8-10-16(11-9-15)24(25,26)27/h4-11H,3,12-14H2,1-2H3/t23-/m0/s1. The first-order valence-electron chi connectivity index (χ1n) is 10.4. The number of alkyl halides is 3. The van der Waals surface area contributed by atoms with Gasteiger partial charge in [-0.2, -0.15) is 13.2 Å². The number of halogens is 3. The molecule has 0 aromatic heterocycles. The van der Waals surface area contributed by atoms with E-state index in [0.717, 1.165) is 29.2 Å². The molecule has 1 aliphatic rings. The molecule has 34 heavy (non-hydrogen) atoms. The molecule has 0 radical (unpaired) electrons. The average Bonchev–Trinajstić information content (AvgIpc) is 3.05. The van der Waals surface area contributed by atoms with E-state index in [1.165, 1.54) is 19.1 Å². The summed E-state index contributed by atoms with van der Waals surface area (Å²) in [4.78, 5) is 51.6. The minimum absolute atomic E-state index is 0.0202. The number of amides is 2. The Labute approximate surface area is 193 Å². The first-order valence-corrected chi connectivity index (χ1v) is 10.4. The Morgan fingerprint density at radius 2 is 1.41 bits per heavy atom.